The average molecular weight is 308 g/mol. The van der Waals surface area contributed by atoms with Gasteiger partial charge in [-0.1, -0.05) is 0 Å². The van der Waals surface area contributed by atoms with E-state index in [1.165, 1.54) is 11.3 Å². The Labute approximate surface area is 127 Å². The lowest BCUT2D eigenvalue weighted by Crippen LogP contribution is -2.39. The Morgan fingerprint density at radius 1 is 1.43 bits per heavy atom. The lowest BCUT2D eigenvalue weighted by molar-refractivity contribution is -0.122. The summed E-state index contributed by atoms with van der Waals surface area (Å²) in [5.41, 5.74) is 1.07. The van der Waals surface area contributed by atoms with Crippen molar-refractivity contribution in [3.63, 3.8) is 0 Å². The molecule has 6 nitrogen and oxygen atoms in total. The summed E-state index contributed by atoms with van der Waals surface area (Å²) < 4.78 is 0. The molecule has 0 saturated heterocycles. The second-order valence-corrected chi connectivity index (χ2v) is 6.65. The van der Waals surface area contributed by atoms with Crippen molar-refractivity contribution in [1.29, 1.82) is 0 Å². The smallest absolute Gasteiger partial charge is 0.234 e. The van der Waals surface area contributed by atoms with E-state index in [2.05, 4.69) is 20.5 Å². The summed E-state index contributed by atoms with van der Waals surface area (Å²) in [5, 5.41) is 6.43. The first-order chi connectivity index (χ1) is 10.2. The molecule has 0 spiro atoms. The lowest BCUT2D eigenvalue weighted by Gasteiger charge is -2.24. The van der Waals surface area contributed by atoms with Crippen molar-refractivity contribution in [1.82, 2.24) is 15.2 Å². The Morgan fingerprint density at radius 2 is 2.24 bits per heavy atom. The van der Waals surface area contributed by atoms with Gasteiger partial charge in [-0.2, -0.15) is 0 Å². The van der Waals surface area contributed by atoms with E-state index in [-0.39, 0.29) is 17.7 Å². The van der Waals surface area contributed by atoms with Gasteiger partial charge in [-0.3, -0.25) is 14.5 Å². The van der Waals surface area contributed by atoms with E-state index in [1.54, 1.807) is 0 Å². The summed E-state index contributed by atoms with van der Waals surface area (Å²) in [4.78, 5) is 31.2. The number of nitrogens with one attached hydrogen (secondary N) is 2. The van der Waals surface area contributed by atoms with Gasteiger partial charge in [0.1, 0.15) is 0 Å². The molecule has 0 unspecified atom stereocenters. The van der Waals surface area contributed by atoms with Crippen LogP contribution in [0.25, 0.3) is 0 Å². The van der Waals surface area contributed by atoms with Crippen LogP contribution >= 0.6 is 11.3 Å². The highest BCUT2D eigenvalue weighted by molar-refractivity contribution is 7.15. The number of rotatable bonds is 5. The molecule has 0 atom stereocenters. The Kier molecular flexibility index (Phi) is 4.21. The summed E-state index contributed by atoms with van der Waals surface area (Å²) in [6, 6.07) is 0. The molecular formula is C14H20N4O2S. The summed E-state index contributed by atoms with van der Waals surface area (Å²) in [5.74, 6) is 0.355. The third-order valence-corrected chi connectivity index (χ3v) is 4.73. The SMILES string of the molecule is CCNC(=O)CN1CCc2nc(NC(=O)C3CC3)sc2C1. The van der Waals surface area contributed by atoms with Gasteiger partial charge in [-0.15, -0.1) is 11.3 Å². The van der Waals surface area contributed by atoms with E-state index < -0.39 is 0 Å². The molecule has 3 rings (SSSR count). The van der Waals surface area contributed by atoms with Gasteiger partial charge in [0.25, 0.3) is 0 Å². The van der Waals surface area contributed by atoms with Gasteiger partial charge in [-0.25, -0.2) is 4.98 Å². The van der Waals surface area contributed by atoms with Crippen molar-refractivity contribution in [2.45, 2.75) is 32.7 Å². The third kappa shape index (κ3) is 3.59. The van der Waals surface area contributed by atoms with Gasteiger partial charge in [0.05, 0.1) is 12.2 Å². The fraction of sp³-hybridized carbons (Fsp3) is 0.643. The Bertz CT molecular complexity index is 553. The molecule has 1 saturated carbocycles. The van der Waals surface area contributed by atoms with Crippen molar-refractivity contribution in [3.05, 3.63) is 10.6 Å². The number of carbonyl (C=O) groups excluding carboxylic acids is 2. The maximum Gasteiger partial charge on any atom is 0.234 e. The first kappa shape index (κ1) is 14.5. The van der Waals surface area contributed by atoms with Crippen LogP contribution in [0.15, 0.2) is 0 Å². The van der Waals surface area contributed by atoms with Crippen LogP contribution in [-0.2, 0) is 22.6 Å². The molecule has 2 N–H and O–H groups in total. The topological polar surface area (TPSA) is 74.3 Å². The predicted octanol–water partition coefficient (Wildman–Crippen LogP) is 0.986. The number of fused-ring (bicyclic) bond motifs is 1. The number of likely N-dealkylation sites (N-methyl/N-ethyl adjacent to an activating group) is 1. The summed E-state index contributed by atoms with van der Waals surface area (Å²) in [6.07, 6.45) is 2.83. The summed E-state index contributed by atoms with van der Waals surface area (Å²) in [7, 11) is 0. The molecular weight excluding hydrogens is 288 g/mol. The van der Waals surface area contributed by atoms with Gasteiger partial charge in [-0.05, 0) is 19.8 Å². The number of anilines is 1. The highest BCUT2D eigenvalue weighted by Gasteiger charge is 2.30. The quantitative estimate of drug-likeness (QED) is 0.850. The zero-order chi connectivity index (χ0) is 14.8. The van der Waals surface area contributed by atoms with Gasteiger partial charge in [0.2, 0.25) is 11.8 Å². The van der Waals surface area contributed by atoms with Gasteiger partial charge >= 0.3 is 0 Å². The molecule has 21 heavy (non-hydrogen) atoms. The second kappa shape index (κ2) is 6.11. The van der Waals surface area contributed by atoms with Gasteiger partial charge < -0.3 is 10.6 Å². The van der Waals surface area contributed by atoms with Crippen LogP contribution in [0.1, 0.15) is 30.3 Å². The minimum absolute atomic E-state index is 0.0627. The molecule has 0 bridgehead atoms. The zero-order valence-electron chi connectivity index (χ0n) is 12.1. The molecule has 1 aliphatic heterocycles. The van der Waals surface area contributed by atoms with Crippen molar-refractivity contribution in [3.8, 4) is 0 Å². The molecule has 114 valence electrons. The molecule has 1 fully saturated rings. The van der Waals surface area contributed by atoms with Crippen LogP contribution in [-0.4, -0.2) is 41.3 Å². The standard InChI is InChI=1S/C14H20N4O2S/c1-2-15-12(19)8-18-6-5-10-11(7-18)21-14(16-10)17-13(20)9-3-4-9/h9H,2-8H2,1H3,(H,15,19)(H,16,17,20). The molecule has 7 heteroatoms. The number of hydrogen-bond acceptors (Lipinski definition) is 5. The Morgan fingerprint density at radius 3 is 2.95 bits per heavy atom. The average Bonchev–Trinajstić information content (AvgIpc) is 3.20. The Hall–Kier alpha value is -1.47. The lowest BCUT2D eigenvalue weighted by atomic mass is 10.2. The van der Waals surface area contributed by atoms with E-state index in [1.807, 2.05) is 6.92 Å². The molecule has 1 aliphatic carbocycles. The van der Waals surface area contributed by atoms with Gasteiger partial charge in [0, 0.05) is 36.9 Å². The van der Waals surface area contributed by atoms with E-state index in [9.17, 15) is 9.59 Å². The van der Waals surface area contributed by atoms with E-state index >= 15 is 0 Å². The Balaban J connectivity index is 1.59. The van der Waals surface area contributed by atoms with Crippen LogP contribution in [0.5, 0.6) is 0 Å². The number of nitrogens with zero attached hydrogens (tertiary/aromatic N) is 2. The molecule has 0 radical (unpaired) electrons. The number of amides is 2. The van der Waals surface area contributed by atoms with Crippen molar-refractivity contribution in [2.75, 3.05) is 25.0 Å². The minimum Gasteiger partial charge on any atom is -0.355 e. The molecule has 2 amide bonds. The second-order valence-electron chi connectivity index (χ2n) is 5.57. The van der Waals surface area contributed by atoms with Crippen LogP contribution in [0.3, 0.4) is 0 Å². The van der Waals surface area contributed by atoms with Crippen molar-refractivity contribution < 1.29 is 9.59 Å². The van der Waals surface area contributed by atoms with E-state index in [4.69, 9.17) is 0 Å². The maximum absolute atomic E-state index is 11.8. The number of aromatic nitrogens is 1. The van der Waals surface area contributed by atoms with Gasteiger partial charge in [0.15, 0.2) is 5.13 Å². The van der Waals surface area contributed by atoms with Crippen LogP contribution in [0, 0.1) is 5.92 Å². The molecule has 2 heterocycles. The summed E-state index contributed by atoms with van der Waals surface area (Å²) >= 11 is 1.54. The van der Waals surface area contributed by atoms with E-state index in [0.29, 0.717) is 18.2 Å². The fourth-order valence-corrected chi connectivity index (χ4v) is 3.50. The molecule has 1 aromatic rings. The first-order valence-electron chi connectivity index (χ1n) is 7.44. The maximum atomic E-state index is 11.8. The molecule has 0 aromatic carbocycles. The molecule has 2 aliphatic rings. The highest BCUT2D eigenvalue weighted by Crippen LogP contribution is 2.32. The summed E-state index contributed by atoms with van der Waals surface area (Å²) in [6.45, 7) is 4.59. The fourth-order valence-electron chi connectivity index (χ4n) is 2.45. The van der Waals surface area contributed by atoms with Crippen LogP contribution < -0.4 is 10.6 Å². The van der Waals surface area contributed by atoms with E-state index in [0.717, 1.165) is 42.9 Å². The monoisotopic (exact) mass is 308 g/mol. The minimum atomic E-state index is 0.0627. The van der Waals surface area contributed by atoms with Crippen molar-refractivity contribution in [2.24, 2.45) is 5.92 Å². The first-order valence-corrected chi connectivity index (χ1v) is 8.26. The highest BCUT2D eigenvalue weighted by atomic mass is 32.1. The normalized spacial score (nSPS) is 18.1. The zero-order valence-corrected chi connectivity index (χ0v) is 13.0. The number of hydrogen-bond donors (Lipinski definition) is 2. The van der Waals surface area contributed by atoms with Crippen LogP contribution in [0.4, 0.5) is 5.13 Å². The largest absolute Gasteiger partial charge is 0.355 e. The number of thiazole rings is 1. The predicted molar refractivity (Wildman–Crippen MR) is 81.1 cm³/mol. The third-order valence-electron chi connectivity index (χ3n) is 3.73. The molecule has 1 aromatic heterocycles. The van der Waals surface area contributed by atoms with Crippen molar-refractivity contribution >= 4 is 28.3 Å². The van der Waals surface area contributed by atoms with Crippen LogP contribution in [0.2, 0.25) is 0 Å². The number of carbonyl (C=O) groups is 2.